The fourth-order valence-electron chi connectivity index (χ4n) is 1.82. The van der Waals surface area contributed by atoms with Gasteiger partial charge in [-0.05, 0) is 17.7 Å². The molecule has 1 saturated heterocycles. The summed E-state index contributed by atoms with van der Waals surface area (Å²) in [6, 6.07) is 7.79. The third-order valence-electron chi connectivity index (χ3n) is 2.64. The molecule has 1 unspecified atom stereocenters. The van der Waals surface area contributed by atoms with Crippen molar-refractivity contribution in [3.8, 4) is 12.1 Å². The molecule has 0 spiro atoms. The molecule has 1 atom stereocenters. The minimum Gasteiger partial charge on any atom is -0.361 e. The molecule has 0 radical (unpaired) electrons. The van der Waals surface area contributed by atoms with Gasteiger partial charge in [0.2, 0.25) is 0 Å². The summed E-state index contributed by atoms with van der Waals surface area (Å²) < 4.78 is 5.27. The number of aromatic nitrogens is 1. The molecule has 2 rings (SSSR count). The van der Waals surface area contributed by atoms with Crippen molar-refractivity contribution >= 4 is 0 Å². The van der Waals surface area contributed by atoms with Crippen LogP contribution in [0.4, 0.5) is 0 Å². The van der Waals surface area contributed by atoms with Gasteiger partial charge in [-0.1, -0.05) is 0 Å². The van der Waals surface area contributed by atoms with E-state index in [1.165, 1.54) is 0 Å². The quantitative estimate of drug-likeness (QED) is 0.744. The van der Waals surface area contributed by atoms with Crippen LogP contribution < -0.4 is 0 Å². The van der Waals surface area contributed by atoms with Gasteiger partial charge in [-0.25, -0.2) is 4.98 Å². The number of hydrogen-bond acceptors (Lipinski definition) is 5. The molecule has 5 nitrogen and oxygen atoms in total. The van der Waals surface area contributed by atoms with Gasteiger partial charge in [0.15, 0.2) is 6.10 Å². The number of morpholine rings is 1. The molecule has 0 aromatic carbocycles. The lowest BCUT2D eigenvalue weighted by Crippen LogP contribution is -2.41. The van der Waals surface area contributed by atoms with Crippen LogP contribution in [0.3, 0.4) is 0 Å². The fourth-order valence-corrected chi connectivity index (χ4v) is 1.82. The van der Waals surface area contributed by atoms with Crippen molar-refractivity contribution in [2.24, 2.45) is 0 Å². The summed E-state index contributed by atoms with van der Waals surface area (Å²) in [4.78, 5) is 6.07. The highest BCUT2D eigenvalue weighted by Gasteiger charge is 2.19. The van der Waals surface area contributed by atoms with Gasteiger partial charge >= 0.3 is 0 Å². The van der Waals surface area contributed by atoms with Crippen molar-refractivity contribution < 1.29 is 4.74 Å². The Hall–Kier alpha value is -1.95. The second-order valence-corrected chi connectivity index (χ2v) is 3.88. The van der Waals surface area contributed by atoms with E-state index in [2.05, 4.69) is 16.0 Å². The Morgan fingerprint density at radius 1 is 1.53 bits per heavy atom. The van der Waals surface area contributed by atoms with E-state index in [9.17, 15) is 0 Å². The lowest BCUT2D eigenvalue weighted by Gasteiger charge is -2.29. The van der Waals surface area contributed by atoms with E-state index in [0.717, 1.165) is 18.7 Å². The summed E-state index contributed by atoms with van der Waals surface area (Å²) in [6.45, 7) is 2.72. The van der Waals surface area contributed by atoms with E-state index >= 15 is 0 Å². The van der Waals surface area contributed by atoms with Crippen LogP contribution in [0.15, 0.2) is 18.3 Å². The van der Waals surface area contributed by atoms with Crippen LogP contribution in [-0.4, -0.2) is 35.7 Å². The fraction of sp³-hybridized carbons (Fsp3) is 0.417. The average Bonchev–Trinajstić information content (AvgIpc) is 2.39. The van der Waals surface area contributed by atoms with Gasteiger partial charge in [0.25, 0.3) is 0 Å². The molecule has 5 heteroatoms. The van der Waals surface area contributed by atoms with E-state index in [1.807, 2.05) is 12.1 Å². The normalized spacial score (nSPS) is 20.5. The lowest BCUT2D eigenvalue weighted by atomic mass is 10.2. The van der Waals surface area contributed by atoms with Crippen LogP contribution >= 0.6 is 0 Å². The Balaban J connectivity index is 2.01. The molecule has 1 aliphatic heterocycles. The van der Waals surface area contributed by atoms with E-state index in [4.69, 9.17) is 15.3 Å². The summed E-state index contributed by atoms with van der Waals surface area (Å²) in [6.07, 6.45) is 1.29. The highest BCUT2D eigenvalue weighted by molar-refractivity contribution is 5.25. The third kappa shape index (κ3) is 3.01. The van der Waals surface area contributed by atoms with Crippen molar-refractivity contribution in [2.45, 2.75) is 12.6 Å². The number of nitrogens with zero attached hydrogens (tertiary/aromatic N) is 4. The SMILES string of the molecule is N#Cc1cc(CN2CCOC(C#N)C2)ccn1. The third-order valence-corrected chi connectivity index (χ3v) is 2.64. The molecule has 1 fully saturated rings. The smallest absolute Gasteiger partial charge is 0.156 e. The first-order valence-electron chi connectivity index (χ1n) is 5.40. The Bertz CT molecular complexity index is 474. The van der Waals surface area contributed by atoms with E-state index in [0.29, 0.717) is 18.8 Å². The van der Waals surface area contributed by atoms with Crippen LogP contribution in [0, 0.1) is 22.7 Å². The van der Waals surface area contributed by atoms with Crippen LogP contribution in [0.2, 0.25) is 0 Å². The predicted molar refractivity (Wildman–Crippen MR) is 59.6 cm³/mol. The maximum Gasteiger partial charge on any atom is 0.156 e. The van der Waals surface area contributed by atoms with Gasteiger partial charge in [0, 0.05) is 25.8 Å². The molecule has 0 N–H and O–H groups in total. The van der Waals surface area contributed by atoms with Gasteiger partial charge in [-0.3, -0.25) is 4.90 Å². The van der Waals surface area contributed by atoms with Crippen LogP contribution in [-0.2, 0) is 11.3 Å². The molecule has 1 aromatic heterocycles. The highest BCUT2D eigenvalue weighted by atomic mass is 16.5. The van der Waals surface area contributed by atoms with Crippen molar-refractivity contribution in [2.75, 3.05) is 19.7 Å². The molecule has 1 aromatic rings. The topological polar surface area (TPSA) is 72.9 Å². The summed E-state index contributed by atoms with van der Waals surface area (Å²) in [7, 11) is 0. The molecule has 2 heterocycles. The van der Waals surface area contributed by atoms with Gasteiger partial charge in [-0.15, -0.1) is 0 Å². The number of hydrogen-bond donors (Lipinski definition) is 0. The standard InChI is InChI=1S/C12H12N4O/c13-6-11-5-10(1-2-15-11)8-16-3-4-17-12(7-14)9-16/h1-2,5,12H,3-4,8-9H2. The molecule has 0 saturated carbocycles. The molecule has 17 heavy (non-hydrogen) atoms. The zero-order valence-electron chi connectivity index (χ0n) is 9.33. The van der Waals surface area contributed by atoms with Gasteiger partial charge in [0.1, 0.15) is 11.8 Å². The summed E-state index contributed by atoms with van der Waals surface area (Å²) >= 11 is 0. The van der Waals surface area contributed by atoms with Gasteiger partial charge in [-0.2, -0.15) is 10.5 Å². The largest absolute Gasteiger partial charge is 0.361 e. The lowest BCUT2D eigenvalue weighted by molar-refractivity contribution is -0.00270. The number of ether oxygens (including phenoxy) is 1. The zero-order valence-corrected chi connectivity index (χ0v) is 9.33. The minimum absolute atomic E-state index is 0.346. The number of pyridine rings is 1. The maximum atomic E-state index is 8.80. The van der Waals surface area contributed by atoms with Gasteiger partial charge < -0.3 is 4.74 Å². The Morgan fingerprint density at radius 2 is 2.41 bits per heavy atom. The molecule has 0 bridgehead atoms. The molecule has 1 aliphatic rings. The van der Waals surface area contributed by atoms with Crippen LogP contribution in [0.1, 0.15) is 11.3 Å². The molecule has 0 amide bonds. The van der Waals surface area contributed by atoms with Crippen molar-refractivity contribution in [3.05, 3.63) is 29.6 Å². The average molecular weight is 228 g/mol. The van der Waals surface area contributed by atoms with Crippen molar-refractivity contribution in [1.82, 2.24) is 9.88 Å². The van der Waals surface area contributed by atoms with E-state index in [-0.39, 0.29) is 6.10 Å². The molecular weight excluding hydrogens is 216 g/mol. The first-order valence-corrected chi connectivity index (χ1v) is 5.40. The summed E-state index contributed by atoms with van der Waals surface area (Å²) in [5.41, 5.74) is 1.46. The highest BCUT2D eigenvalue weighted by Crippen LogP contribution is 2.10. The predicted octanol–water partition coefficient (Wildman–Crippen LogP) is 0.678. The van der Waals surface area contributed by atoms with Crippen molar-refractivity contribution in [1.29, 1.82) is 10.5 Å². The van der Waals surface area contributed by atoms with Crippen LogP contribution in [0.25, 0.3) is 0 Å². The summed E-state index contributed by atoms with van der Waals surface area (Å²) in [5, 5.41) is 17.6. The van der Waals surface area contributed by atoms with E-state index in [1.54, 1.807) is 12.3 Å². The second kappa shape index (κ2) is 5.40. The Kier molecular flexibility index (Phi) is 3.66. The second-order valence-electron chi connectivity index (χ2n) is 3.88. The van der Waals surface area contributed by atoms with Crippen LogP contribution in [0.5, 0.6) is 0 Å². The minimum atomic E-state index is -0.346. The Morgan fingerprint density at radius 3 is 3.18 bits per heavy atom. The monoisotopic (exact) mass is 228 g/mol. The van der Waals surface area contributed by atoms with E-state index < -0.39 is 0 Å². The first kappa shape index (κ1) is 11.5. The molecule has 86 valence electrons. The number of rotatable bonds is 2. The first-order chi connectivity index (χ1) is 8.31. The maximum absolute atomic E-state index is 8.80. The van der Waals surface area contributed by atoms with Crippen molar-refractivity contribution in [3.63, 3.8) is 0 Å². The van der Waals surface area contributed by atoms with Gasteiger partial charge in [0.05, 0.1) is 12.7 Å². The number of nitriles is 2. The Labute approximate surface area is 99.9 Å². The summed E-state index contributed by atoms with van der Waals surface area (Å²) in [5.74, 6) is 0. The molecular formula is C12H12N4O. The molecule has 0 aliphatic carbocycles. The zero-order chi connectivity index (χ0) is 12.1.